The van der Waals surface area contributed by atoms with Gasteiger partial charge in [-0.3, -0.25) is 0 Å². The Labute approximate surface area is 80.3 Å². The summed E-state index contributed by atoms with van der Waals surface area (Å²) in [6, 6.07) is 2.42. The predicted octanol–water partition coefficient (Wildman–Crippen LogP) is 2.33. The first-order valence-electron chi connectivity index (χ1n) is 4.70. The van der Waals surface area contributed by atoms with Crippen LogP contribution in [0.5, 0.6) is 0 Å². The second-order valence-corrected chi connectivity index (χ2v) is 4.07. The molecule has 2 aliphatic rings. The van der Waals surface area contributed by atoms with Crippen LogP contribution in [0.4, 0.5) is 20.2 Å². The average molecular weight is 196 g/mol. The highest BCUT2D eigenvalue weighted by molar-refractivity contribution is 5.73. The lowest BCUT2D eigenvalue weighted by Gasteiger charge is -2.28. The maximum atomic E-state index is 12.9. The van der Waals surface area contributed by atoms with Crippen molar-refractivity contribution in [3.05, 3.63) is 23.8 Å². The van der Waals surface area contributed by atoms with Gasteiger partial charge in [-0.2, -0.15) is 0 Å². The van der Waals surface area contributed by atoms with E-state index in [1.807, 2.05) is 0 Å². The fourth-order valence-corrected chi connectivity index (χ4v) is 1.84. The molecule has 3 rings (SSSR count). The Morgan fingerprint density at radius 3 is 2.36 bits per heavy atom. The zero-order valence-corrected chi connectivity index (χ0v) is 7.53. The van der Waals surface area contributed by atoms with Gasteiger partial charge in [0.1, 0.15) is 0 Å². The Morgan fingerprint density at radius 1 is 1.07 bits per heavy atom. The van der Waals surface area contributed by atoms with Crippen LogP contribution in [0.1, 0.15) is 12.8 Å². The molecule has 0 bridgehead atoms. The summed E-state index contributed by atoms with van der Waals surface area (Å²) < 4.78 is 25.8. The molecule has 0 unspecified atom stereocenters. The molecule has 1 aromatic rings. The van der Waals surface area contributed by atoms with E-state index >= 15 is 0 Å². The number of halogens is 2. The molecule has 4 heteroatoms. The zero-order chi connectivity index (χ0) is 9.76. The Balaban J connectivity index is 2.04. The molecular formula is C10H10F2N2. The molecule has 1 heterocycles. The van der Waals surface area contributed by atoms with Gasteiger partial charge in [-0.1, -0.05) is 0 Å². The molecule has 1 aromatic carbocycles. The van der Waals surface area contributed by atoms with Gasteiger partial charge in [0.25, 0.3) is 0 Å². The van der Waals surface area contributed by atoms with Crippen LogP contribution in [0.3, 0.4) is 0 Å². The molecule has 2 nitrogen and oxygen atoms in total. The number of nitrogens with one attached hydrogen (secondary N) is 2. The van der Waals surface area contributed by atoms with Crippen LogP contribution in [-0.4, -0.2) is 12.1 Å². The normalized spacial score (nSPS) is 21.0. The Bertz CT molecular complexity index is 399. The van der Waals surface area contributed by atoms with Gasteiger partial charge in [-0.25, -0.2) is 8.78 Å². The zero-order valence-electron chi connectivity index (χ0n) is 7.53. The highest BCUT2D eigenvalue weighted by Gasteiger charge is 2.45. The van der Waals surface area contributed by atoms with Crippen molar-refractivity contribution in [1.29, 1.82) is 0 Å². The van der Waals surface area contributed by atoms with E-state index in [0.29, 0.717) is 11.4 Å². The molecule has 0 aromatic heterocycles. The van der Waals surface area contributed by atoms with Crippen molar-refractivity contribution >= 4 is 11.4 Å². The third-order valence-corrected chi connectivity index (χ3v) is 2.93. The van der Waals surface area contributed by atoms with Crippen molar-refractivity contribution in [2.45, 2.75) is 18.4 Å². The van der Waals surface area contributed by atoms with E-state index < -0.39 is 11.6 Å². The van der Waals surface area contributed by atoms with Crippen molar-refractivity contribution in [2.75, 3.05) is 17.2 Å². The number of benzene rings is 1. The minimum absolute atomic E-state index is 0.108. The third kappa shape index (κ3) is 1.06. The highest BCUT2D eigenvalue weighted by Crippen LogP contribution is 2.44. The quantitative estimate of drug-likeness (QED) is 0.665. The van der Waals surface area contributed by atoms with Gasteiger partial charge in [0, 0.05) is 18.7 Å². The number of anilines is 2. The minimum Gasteiger partial charge on any atom is -0.381 e. The topological polar surface area (TPSA) is 24.1 Å². The SMILES string of the molecule is Fc1cc2c(cc1F)NC1(CC1)CN2. The van der Waals surface area contributed by atoms with Crippen molar-refractivity contribution in [3.8, 4) is 0 Å². The first-order valence-corrected chi connectivity index (χ1v) is 4.70. The first kappa shape index (κ1) is 8.03. The van der Waals surface area contributed by atoms with Gasteiger partial charge < -0.3 is 10.6 Å². The largest absolute Gasteiger partial charge is 0.381 e. The van der Waals surface area contributed by atoms with E-state index in [1.54, 1.807) is 0 Å². The minimum atomic E-state index is -0.801. The number of hydrogen-bond donors (Lipinski definition) is 2. The van der Waals surface area contributed by atoms with E-state index in [9.17, 15) is 8.78 Å². The summed E-state index contributed by atoms with van der Waals surface area (Å²) >= 11 is 0. The lowest BCUT2D eigenvalue weighted by atomic mass is 10.1. The molecule has 1 saturated carbocycles. The summed E-state index contributed by atoms with van der Waals surface area (Å²) in [5.74, 6) is -1.60. The van der Waals surface area contributed by atoms with Crippen LogP contribution in [0.15, 0.2) is 12.1 Å². The summed E-state index contributed by atoms with van der Waals surface area (Å²) in [6.45, 7) is 0.797. The van der Waals surface area contributed by atoms with Gasteiger partial charge in [-0.15, -0.1) is 0 Å². The van der Waals surface area contributed by atoms with Crippen LogP contribution >= 0.6 is 0 Å². The number of fused-ring (bicyclic) bond motifs is 1. The fraction of sp³-hybridized carbons (Fsp3) is 0.400. The lowest BCUT2D eigenvalue weighted by Crippen LogP contribution is -2.35. The van der Waals surface area contributed by atoms with Gasteiger partial charge in [-0.05, 0) is 12.8 Å². The maximum Gasteiger partial charge on any atom is 0.161 e. The molecule has 14 heavy (non-hydrogen) atoms. The summed E-state index contributed by atoms with van der Waals surface area (Å²) in [7, 11) is 0. The molecule has 0 radical (unpaired) electrons. The molecule has 74 valence electrons. The second kappa shape index (κ2) is 2.38. The average Bonchev–Trinajstić information content (AvgIpc) is 2.89. The Morgan fingerprint density at radius 2 is 1.71 bits per heavy atom. The second-order valence-electron chi connectivity index (χ2n) is 4.07. The summed E-state index contributed by atoms with van der Waals surface area (Å²) in [4.78, 5) is 0. The van der Waals surface area contributed by atoms with Crippen LogP contribution in [0, 0.1) is 11.6 Å². The van der Waals surface area contributed by atoms with Crippen LogP contribution in [-0.2, 0) is 0 Å². The van der Waals surface area contributed by atoms with E-state index in [4.69, 9.17) is 0 Å². The summed E-state index contributed by atoms with van der Waals surface area (Å²) in [6.07, 6.45) is 2.19. The maximum absolute atomic E-state index is 12.9. The van der Waals surface area contributed by atoms with Gasteiger partial charge in [0.15, 0.2) is 11.6 Å². The third-order valence-electron chi connectivity index (χ3n) is 2.93. The van der Waals surface area contributed by atoms with E-state index in [-0.39, 0.29) is 5.54 Å². The first-order chi connectivity index (χ1) is 6.69. The lowest BCUT2D eigenvalue weighted by molar-refractivity contribution is 0.508. The number of hydrogen-bond acceptors (Lipinski definition) is 2. The van der Waals surface area contributed by atoms with Gasteiger partial charge in [0.05, 0.1) is 16.9 Å². The molecule has 0 amide bonds. The van der Waals surface area contributed by atoms with Crippen LogP contribution < -0.4 is 10.6 Å². The molecule has 1 aliphatic heterocycles. The smallest absolute Gasteiger partial charge is 0.161 e. The molecule has 0 saturated heterocycles. The fourth-order valence-electron chi connectivity index (χ4n) is 1.84. The van der Waals surface area contributed by atoms with E-state index in [2.05, 4.69) is 10.6 Å². The van der Waals surface area contributed by atoms with Gasteiger partial charge in [0.2, 0.25) is 0 Å². The summed E-state index contributed by atoms with van der Waals surface area (Å²) in [5.41, 5.74) is 1.44. The van der Waals surface area contributed by atoms with Crippen molar-refractivity contribution in [3.63, 3.8) is 0 Å². The van der Waals surface area contributed by atoms with Crippen LogP contribution in [0.2, 0.25) is 0 Å². The van der Waals surface area contributed by atoms with E-state index in [0.717, 1.165) is 19.4 Å². The highest BCUT2D eigenvalue weighted by atomic mass is 19.2. The monoisotopic (exact) mass is 196 g/mol. The standard InChI is InChI=1S/C10H10F2N2/c11-6-3-8-9(4-7(6)12)14-10(1-2-10)5-13-8/h3-4,13-14H,1-2,5H2. The Kier molecular flexibility index (Phi) is 1.36. The number of rotatable bonds is 0. The molecular weight excluding hydrogens is 186 g/mol. The molecule has 1 fully saturated rings. The van der Waals surface area contributed by atoms with Crippen molar-refractivity contribution < 1.29 is 8.78 Å². The van der Waals surface area contributed by atoms with Crippen molar-refractivity contribution in [1.82, 2.24) is 0 Å². The molecule has 2 N–H and O–H groups in total. The van der Waals surface area contributed by atoms with Crippen LogP contribution in [0.25, 0.3) is 0 Å². The molecule has 1 spiro atoms. The summed E-state index contributed by atoms with van der Waals surface area (Å²) in [5, 5.41) is 6.36. The van der Waals surface area contributed by atoms with Gasteiger partial charge >= 0.3 is 0 Å². The molecule has 1 aliphatic carbocycles. The Hall–Kier alpha value is -1.32. The van der Waals surface area contributed by atoms with E-state index in [1.165, 1.54) is 12.1 Å². The predicted molar refractivity (Wildman–Crippen MR) is 50.4 cm³/mol. The van der Waals surface area contributed by atoms with Crippen molar-refractivity contribution in [2.24, 2.45) is 0 Å². The molecule has 0 atom stereocenters.